The third-order valence-electron chi connectivity index (χ3n) is 3.99. The maximum Gasteiger partial charge on any atom is 0.0535 e. The van der Waals surface area contributed by atoms with Crippen molar-refractivity contribution in [3.05, 3.63) is 0 Å². The molecule has 1 saturated heterocycles. The Labute approximate surface area is 101 Å². The van der Waals surface area contributed by atoms with Crippen LogP contribution in [-0.2, 0) is 4.74 Å². The summed E-state index contributed by atoms with van der Waals surface area (Å²) in [6, 6.07) is 0. The first kappa shape index (κ1) is 14.0. The van der Waals surface area contributed by atoms with Gasteiger partial charge in [0, 0.05) is 18.6 Å². The molecule has 1 rings (SSSR count). The Kier molecular flexibility index (Phi) is 6.37. The van der Waals surface area contributed by atoms with Crippen LogP contribution in [0.2, 0.25) is 0 Å². The second-order valence-corrected chi connectivity index (χ2v) is 5.37. The molecule has 0 aliphatic carbocycles. The van der Waals surface area contributed by atoms with Crippen LogP contribution in [0.5, 0.6) is 0 Å². The molecule has 0 spiro atoms. The lowest BCUT2D eigenvalue weighted by molar-refractivity contribution is 0.128. The van der Waals surface area contributed by atoms with E-state index in [1.807, 2.05) is 0 Å². The Morgan fingerprint density at radius 2 is 2.00 bits per heavy atom. The fraction of sp³-hybridized carbons (Fsp3) is 1.00. The van der Waals surface area contributed by atoms with Gasteiger partial charge in [-0.1, -0.05) is 33.6 Å². The Morgan fingerprint density at radius 3 is 2.50 bits per heavy atom. The van der Waals surface area contributed by atoms with E-state index < -0.39 is 0 Å². The first-order chi connectivity index (χ1) is 7.76. The highest BCUT2D eigenvalue weighted by Gasteiger charge is 2.35. The molecule has 0 aromatic carbocycles. The molecule has 96 valence electrons. The summed E-state index contributed by atoms with van der Waals surface area (Å²) in [5, 5.41) is 3.59. The van der Waals surface area contributed by atoms with Crippen LogP contribution in [0.4, 0.5) is 0 Å². The molecule has 0 radical (unpaired) electrons. The van der Waals surface area contributed by atoms with Crippen LogP contribution < -0.4 is 5.32 Å². The molecule has 16 heavy (non-hydrogen) atoms. The quantitative estimate of drug-likeness (QED) is 0.643. The lowest BCUT2D eigenvalue weighted by atomic mass is 9.77. The van der Waals surface area contributed by atoms with Crippen molar-refractivity contribution in [2.75, 3.05) is 26.3 Å². The molecule has 1 aliphatic heterocycles. The summed E-state index contributed by atoms with van der Waals surface area (Å²) in [5.41, 5.74) is 0.436. The molecule has 1 unspecified atom stereocenters. The van der Waals surface area contributed by atoms with Crippen molar-refractivity contribution in [1.29, 1.82) is 0 Å². The molecule has 0 saturated carbocycles. The molecular formula is C14H29NO. The van der Waals surface area contributed by atoms with E-state index in [2.05, 4.69) is 26.1 Å². The Bertz CT molecular complexity index is 172. The molecule has 0 aromatic heterocycles. The van der Waals surface area contributed by atoms with Gasteiger partial charge in [0.1, 0.15) is 0 Å². The summed E-state index contributed by atoms with van der Waals surface area (Å²) >= 11 is 0. The topological polar surface area (TPSA) is 21.3 Å². The Morgan fingerprint density at radius 1 is 1.25 bits per heavy atom. The first-order valence-electron chi connectivity index (χ1n) is 7.04. The van der Waals surface area contributed by atoms with Gasteiger partial charge in [-0.2, -0.15) is 0 Å². The van der Waals surface area contributed by atoms with Gasteiger partial charge < -0.3 is 10.1 Å². The average Bonchev–Trinajstić information content (AvgIpc) is 2.75. The Balaban J connectivity index is 2.44. The van der Waals surface area contributed by atoms with Crippen molar-refractivity contribution in [3.63, 3.8) is 0 Å². The molecule has 2 heteroatoms. The van der Waals surface area contributed by atoms with Crippen molar-refractivity contribution in [1.82, 2.24) is 5.32 Å². The highest BCUT2D eigenvalue weighted by atomic mass is 16.5. The monoisotopic (exact) mass is 227 g/mol. The lowest BCUT2D eigenvalue weighted by Crippen LogP contribution is -2.36. The van der Waals surface area contributed by atoms with Crippen LogP contribution in [0.1, 0.15) is 52.9 Å². The summed E-state index contributed by atoms with van der Waals surface area (Å²) in [5.74, 6) is 0.880. The van der Waals surface area contributed by atoms with Crippen LogP contribution in [0.3, 0.4) is 0 Å². The zero-order valence-corrected chi connectivity index (χ0v) is 11.3. The SMILES string of the molecule is CCCNCC1(CC(CC)CC)CCOC1. The van der Waals surface area contributed by atoms with Gasteiger partial charge in [0.15, 0.2) is 0 Å². The van der Waals surface area contributed by atoms with E-state index >= 15 is 0 Å². The molecule has 1 N–H and O–H groups in total. The maximum atomic E-state index is 5.64. The van der Waals surface area contributed by atoms with Crippen molar-refractivity contribution in [3.8, 4) is 0 Å². The number of ether oxygens (including phenoxy) is 1. The predicted molar refractivity (Wildman–Crippen MR) is 69.7 cm³/mol. The molecule has 1 atom stereocenters. The van der Waals surface area contributed by atoms with E-state index in [9.17, 15) is 0 Å². The predicted octanol–water partition coefficient (Wildman–Crippen LogP) is 3.22. The fourth-order valence-corrected chi connectivity index (χ4v) is 2.74. The number of nitrogens with one attached hydrogen (secondary N) is 1. The van der Waals surface area contributed by atoms with Crippen molar-refractivity contribution < 1.29 is 4.74 Å². The maximum absolute atomic E-state index is 5.64. The molecule has 1 aliphatic rings. The van der Waals surface area contributed by atoms with Gasteiger partial charge in [-0.3, -0.25) is 0 Å². The minimum absolute atomic E-state index is 0.436. The van der Waals surface area contributed by atoms with Crippen LogP contribution in [0.25, 0.3) is 0 Å². The second kappa shape index (κ2) is 7.29. The highest BCUT2D eigenvalue weighted by molar-refractivity contribution is 4.87. The molecule has 0 bridgehead atoms. The fourth-order valence-electron chi connectivity index (χ4n) is 2.74. The largest absolute Gasteiger partial charge is 0.381 e. The summed E-state index contributed by atoms with van der Waals surface area (Å²) in [6.07, 6.45) is 6.44. The molecule has 1 fully saturated rings. The van der Waals surface area contributed by atoms with E-state index in [4.69, 9.17) is 4.74 Å². The molecule has 1 heterocycles. The van der Waals surface area contributed by atoms with E-state index in [-0.39, 0.29) is 0 Å². The van der Waals surface area contributed by atoms with Gasteiger partial charge in [0.2, 0.25) is 0 Å². The third-order valence-corrected chi connectivity index (χ3v) is 3.99. The van der Waals surface area contributed by atoms with Crippen molar-refractivity contribution in [2.24, 2.45) is 11.3 Å². The molecular weight excluding hydrogens is 198 g/mol. The Hall–Kier alpha value is -0.0800. The van der Waals surface area contributed by atoms with Crippen LogP contribution in [0, 0.1) is 11.3 Å². The normalized spacial score (nSPS) is 25.5. The zero-order valence-electron chi connectivity index (χ0n) is 11.3. The van der Waals surface area contributed by atoms with Crippen molar-refractivity contribution in [2.45, 2.75) is 52.9 Å². The minimum atomic E-state index is 0.436. The lowest BCUT2D eigenvalue weighted by Gasteiger charge is -2.31. The summed E-state index contributed by atoms with van der Waals surface area (Å²) in [4.78, 5) is 0. The summed E-state index contributed by atoms with van der Waals surface area (Å²) in [6.45, 7) is 11.1. The summed E-state index contributed by atoms with van der Waals surface area (Å²) in [7, 11) is 0. The second-order valence-electron chi connectivity index (χ2n) is 5.37. The van der Waals surface area contributed by atoms with Gasteiger partial charge in [0.25, 0.3) is 0 Å². The van der Waals surface area contributed by atoms with E-state index in [0.717, 1.165) is 32.2 Å². The summed E-state index contributed by atoms with van der Waals surface area (Å²) < 4.78 is 5.64. The average molecular weight is 227 g/mol. The van der Waals surface area contributed by atoms with Gasteiger partial charge in [-0.05, 0) is 31.7 Å². The van der Waals surface area contributed by atoms with Crippen molar-refractivity contribution >= 4 is 0 Å². The van der Waals surface area contributed by atoms with Crippen LogP contribution in [-0.4, -0.2) is 26.3 Å². The van der Waals surface area contributed by atoms with Crippen LogP contribution >= 0.6 is 0 Å². The number of hydrogen-bond donors (Lipinski definition) is 1. The van der Waals surface area contributed by atoms with Gasteiger partial charge in [-0.25, -0.2) is 0 Å². The van der Waals surface area contributed by atoms with Gasteiger partial charge >= 0.3 is 0 Å². The molecule has 0 amide bonds. The van der Waals surface area contributed by atoms with E-state index in [1.165, 1.54) is 32.1 Å². The zero-order chi connectivity index (χ0) is 11.9. The number of hydrogen-bond acceptors (Lipinski definition) is 2. The molecule has 2 nitrogen and oxygen atoms in total. The minimum Gasteiger partial charge on any atom is -0.381 e. The van der Waals surface area contributed by atoms with E-state index in [1.54, 1.807) is 0 Å². The number of rotatable bonds is 8. The standard InChI is InChI=1S/C14H29NO/c1-4-8-15-11-14(7-9-16-12-14)10-13(5-2)6-3/h13,15H,4-12H2,1-3H3. The third kappa shape index (κ3) is 4.06. The van der Waals surface area contributed by atoms with Crippen LogP contribution in [0.15, 0.2) is 0 Å². The smallest absolute Gasteiger partial charge is 0.0535 e. The van der Waals surface area contributed by atoms with Gasteiger partial charge in [0.05, 0.1) is 6.61 Å². The van der Waals surface area contributed by atoms with Gasteiger partial charge in [-0.15, -0.1) is 0 Å². The first-order valence-corrected chi connectivity index (χ1v) is 7.04. The molecule has 0 aromatic rings. The highest BCUT2D eigenvalue weighted by Crippen LogP contribution is 2.36. The van der Waals surface area contributed by atoms with E-state index in [0.29, 0.717) is 5.41 Å².